The van der Waals surface area contributed by atoms with E-state index in [0.717, 1.165) is 43.6 Å². The summed E-state index contributed by atoms with van der Waals surface area (Å²) in [7, 11) is 4.08. The van der Waals surface area contributed by atoms with Gasteiger partial charge in [0.15, 0.2) is 0 Å². The Bertz CT molecular complexity index is 436. The van der Waals surface area contributed by atoms with E-state index in [1.54, 1.807) is 0 Å². The third kappa shape index (κ3) is 2.89. The quantitative estimate of drug-likeness (QED) is 0.825. The molecule has 2 rings (SSSR count). The smallest absolute Gasteiger partial charge is 0.314 e. The summed E-state index contributed by atoms with van der Waals surface area (Å²) in [5, 5.41) is 12.7. The van der Waals surface area contributed by atoms with E-state index in [1.807, 2.05) is 38.4 Å². The molecule has 0 atom stereocenters. The van der Waals surface area contributed by atoms with Gasteiger partial charge >= 0.3 is 5.97 Å². The largest absolute Gasteiger partial charge is 0.481 e. The molecule has 1 aromatic rings. The van der Waals surface area contributed by atoms with Crippen molar-refractivity contribution in [1.82, 2.24) is 4.90 Å². The predicted octanol–water partition coefficient (Wildman–Crippen LogP) is 2.17. The molecule has 0 unspecified atom stereocenters. The van der Waals surface area contributed by atoms with Gasteiger partial charge in [0.25, 0.3) is 0 Å². The summed E-state index contributed by atoms with van der Waals surface area (Å²) in [4.78, 5) is 13.5. The summed E-state index contributed by atoms with van der Waals surface area (Å²) in [6, 6.07) is 7.86. The predicted molar refractivity (Wildman–Crippen MR) is 76.7 cm³/mol. The van der Waals surface area contributed by atoms with Crippen molar-refractivity contribution in [2.24, 2.45) is 0 Å². The second-order valence-corrected chi connectivity index (χ2v) is 5.55. The fourth-order valence-corrected chi connectivity index (χ4v) is 2.49. The highest BCUT2D eigenvalue weighted by Gasteiger charge is 2.45. The van der Waals surface area contributed by atoms with E-state index in [2.05, 4.69) is 10.2 Å². The zero-order valence-corrected chi connectivity index (χ0v) is 11.6. The lowest BCUT2D eigenvalue weighted by molar-refractivity contribution is -0.147. The Morgan fingerprint density at radius 3 is 2.37 bits per heavy atom. The number of hydrogen-bond donors (Lipinski definition) is 2. The monoisotopic (exact) mass is 262 g/mol. The minimum atomic E-state index is -0.688. The summed E-state index contributed by atoms with van der Waals surface area (Å²) >= 11 is 0. The molecule has 4 heteroatoms. The molecule has 0 aliphatic heterocycles. The van der Waals surface area contributed by atoms with E-state index in [9.17, 15) is 9.90 Å². The normalized spacial score (nSPS) is 17.0. The molecule has 104 valence electrons. The van der Waals surface area contributed by atoms with Gasteiger partial charge in [-0.1, -0.05) is 18.6 Å². The zero-order chi connectivity index (χ0) is 13.9. The number of likely N-dealkylation sites (N-methyl/N-ethyl adjacent to an activating group) is 1. The van der Waals surface area contributed by atoms with E-state index >= 15 is 0 Å². The molecule has 1 aliphatic rings. The highest BCUT2D eigenvalue weighted by molar-refractivity contribution is 5.82. The Morgan fingerprint density at radius 1 is 1.32 bits per heavy atom. The number of carbonyl (C=O) groups is 1. The zero-order valence-electron chi connectivity index (χ0n) is 11.6. The minimum absolute atomic E-state index is 0.623. The minimum Gasteiger partial charge on any atom is -0.481 e. The topological polar surface area (TPSA) is 52.6 Å². The number of carboxylic acid groups (broad SMARTS) is 1. The van der Waals surface area contributed by atoms with E-state index < -0.39 is 11.4 Å². The van der Waals surface area contributed by atoms with Crippen LogP contribution in [0, 0.1) is 0 Å². The second kappa shape index (κ2) is 5.61. The van der Waals surface area contributed by atoms with Crippen LogP contribution in [0.1, 0.15) is 24.8 Å². The third-order valence-corrected chi connectivity index (χ3v) is 3.94. The Kier molecular flexibility index (Phi) is 4.10. The van der Waals surface area contributed by atoms with Gasteiger partial charge in [0.2, 0.25) is 0 Å². The Morgan fingerprint density at radius 2 is 1.95 bits per heavy atom. The van der Waals surface area contributed by atoms with Crippen LogP contribution in [-0.2, 0) is 10.2 Å². The van der Waals surface area contributed by atoms with Crippen LogP contribution in [-0.4, -0.2) is 43.2 Å². The van der Waals surface area contributed by atoms with Crippen molar-refractivity contribution in [2.45, 2.75) is 24.7 Å². The molecule has 1 saturated carbocycles. The van der Waals surface area contributed by atoms with Crippen LogP contribution in [0.4, 0.5) is 5.69 Å². The summed E-state index contributed by atoms with van der Waals surface area (Å²) in [6.07, 6.45) is 2.53. The molecule has 1 aromatic carbocycles. The summed E-state index contributed by atoms with van der Waals surface area (Å²) < 4.78 is 0. The first-order valence-electron chi connectivity index (χ1n) is 6.77. The van der Waals surface area contributed by atoms with Crippen molar-refractivity contribution in [3.05, 3.63) is 29.8 Å². The van der Waals surface area contributed by atoms with Crippen LogP contribution in [0.15, 0.2) is 24.3 Å². The first-order valence-corrected chi connectivity index (χ1v) is 6.77. The molecule has 0 amide bonds. The molecular weight excluding hydrogens is 240 g/mol. The van der Waals surface area contributed by atoms with E-state index in [0.29, 0.717) is 0 Å². The number of benzene rings is 1. The molecular formula is C15H22N2O2. The van der Waals surface area contributed by atoms with Gasteiger partial charge in [-0.05, 0) is 44.6 Å². The lowest BCUT2D eigenvalue weighted by Crippen LogP contribution is -2.42. The fourth-order valence-electron chi connectivity index (χ4n) is 2.49. The molecule has 0 radical (unpaired) electrons. The molecule has 1 fully saturated rings. The first-order chi connectivity index (χ1) is 9.04. The Hall–Kier alpha value is -1.55. The van der Waals surface area contributed by atoms with Gasteiger partial charge in [0.05, 0.1) is 5.41 Å². The lowest BCUT2D eigenvalue weighted by Gasteiger charge is -2.38. The lowest BCUT2D eigenvalue weighted by atomic mass is 9.64. The van der Waals surface area contributed by atoms with E-state index in [4.69, 9.17) is 0 Å². The Balaban J connectivity index is 2.00. The maximum Gasteiger partial charge on any atom is 0.314 e. The van der Waals surface area contributed by atoms with Gasteiger partial charge in [0.1, 0.15) is 0 Å². The van der Waals surface area contributed by atoms with Crippen molar-refractivity contribution in [2.75, 3.05) is 32.5 Å². The van der Waals surface area contributed by atoms with Crippen molar-refractivity contribution < 1.29 is 9.90 Å². The maximum absolute atomic E-state index is 11.4. The molecule has 0 saturated heterocycles. The van der Waals surface area contributed by atoms with Crippen LogP contribution >= 0.6 is 0 Å². The van der Waals surface area contributed by atoms with E-state index in [-0.39, 0.29) is 0 Å². The van der Waals surface area contributed by atoms with Gasteiger partial charge < -0.3 is 15.3 Å². The SMILES string of the molecule is CN(C)CCNc1ccc(C2(C(=O)O)CCC2)cc1. The van der Waals surface area contributed by atoms with Gasteiger partial charge in [-0.15, -0.1) is 0 Å². The number of nitrogens with zero attached hydrogens (tertiary/aromatic N) is 1. The van der Waals surface area contributed by atoms with Crippen LogP contribution in [0.3, 0.4) is 0 Å². The average Bonchev–Trinajstić information content (AvgIpc) is 2.28. The molecule has 19 heavy (non-hydrogen) atoms. The molecule has 0 bridgehead atoms. The van der Waals surface area contributed by atoms with E-state index in [1.165, 1.54) is 0 Å². The first kappa shape index (κ1) is 13.9. The summed E-state index contributed by atoms with van der Waals surface area (Å²) in [5.41, 5.74) is 1.36. The number of rotatable bonds is 6. The Labute approximate surface area is 114 Å². The highest BCUT2D eigenvalue weighted by atomic mass is 16.4. The fraction of sp³-hybridized carbons (Fsp3) is 0.533. The molecule has 0 spiro atoms. The van der Waals surface area contributed by atoms with Crippen molar-refractivity contribution in [3.63, 3.8) is 0 Å². The number of carboxylic acids is 1. The standard InChI is InChI=1S/C15H22N2O2/c1-17(2)11-10-16-13-6-4-12(5-7-13)15(14(18)19)8-3-9-15/h4-7,16H,3,8-11H2,1-2H3,(H,18,19). The van der Waals surface area contributed by atoms with Crippen molar-refractivity contribution in [3.8, 4) is 0 Å². The number of hydrogen-bond acceptors (Lipinski definition) is 3. The van der Waals surface area contributed by atoms with Gasteiger partial charge in [-0.2, -0.15) is 0 Å². The molecule has 0 heterocycles. The third-order valence-electron chi connectivity index (χ3n) is 3.94. The summed E-state index contributed by atoms with van der Waals surface area (Å²) in [5.74, 6) is -0.688. The van der Waals surface area contributed by atoms with Crippen LogP contribution in [0.5, 0.6) is 0 Å². The second-order valence-electron chi connectivity index (χ2n) is 5.55. The van der Waals surface area contributed by atoms with Crippen LogP contribution in [0.25, 0.3) is 0 Å². The van der Waals surface area contributed by atoms with Crippen LogP contribution in [0.2, 0.25) is 0 Å². The van der Waals surface area contributed by atoms with Gasteiger partial charge in [-0.25, -0.2) is 0 Å². The van der Waals surface area contributed by atoms with Crippen LogP contribution < -0.4 is 5.32 Å². The molecule has 2 N–H and O–H groups in total. The van der Waals surface area contributed by atoms with Crippen molar-refractivity contribution in [1.29, 1.82) is 0 Å². The summed E-state index contributed by atoms with van der Waals surface area (Å²) in [6.45, 7) is 1.86. The van der Waals surface area contributed by atoms with Crippen molar-refractivity contribution >= 4 is 11.7 Å². The van der Waals surface area contributed by atoms with Gasteiger partial charge in [0, 0.05) is 18.8 Å². The number of nitrogens with one attached hydrogen (secondary N) is 1. The number of anilines is 1. The average molecular weight is 262 g/mol. The maximum atomic E-state index is 11.4. The number of aliphatic carboxylic acids is 1. The molecule has 4 nitrogen and oxygen atoms in total. The molecule has 0 aromatic heterocycles. The molecule has 1 aliphatic carbocycles. The highest BCUT2D eigenvalue weighted by Crippen LogP contribution is 2.44. The van der Waals surface area contributed by atoms with Gasteiger partial charge in [-0.3, -0.25) is 4.79 Å².